The smallest absolute Gasteiger partial charge is 0.320 e. The van der Waals surface area contributed by atoms with E-state index in [9.17, 15) is 14.9 Å². The van der Waals surface area contributed by atoms with E-state index in [4.69, 9.17) is 0 Å². The second kappa shape index (κ2) is 6.16. The summed E-state index contributed by atoms with van der Waals surface area (Å²) in [5, 5.41) is 21.3. The first kappa shape index (κ1) is 14.7. The monoisotopic (exact) mass is 292 g/mol. The van der Waals surface area contributed by atoms with Crippen molar-refractivity contribution in [2.75, 3.05) is 6.54 Å². The molecule has 9 heteroatoms. The number of carbonyl (C=O) groups excluding carboxylic acids is 1. The van der Waals surface area contributed by atoms with Crippen LogP contribution in [0.4, 0.5) is 5.69 Å². The Kier molecular flexibility index (Phi) is 4.31. The van der Waals surface area contributed by atoms with Gasteiger partial charge in [-0.05, 0) is 18.9 Å². The summed E-state index contributed by atoms with van der Waals surface area (Å²) in [6, 6.07) is 0. The van der Waals surface area contributed by atoms with Crippen molar-refractivity contribution < 1.29 is 9.72 Å². The predicted molar refractivity (Wildman–Crippen MR) is 73.8 cm³/mol. The predicted octanol–water partition coefficient (Wildman–Crippen LogP) is 0.653. The van der Waals surface area contributed by atoms with E-state index in [-0.39, 0.29) is 11.4 Å². The van der Waals surface area contributed by atoms with Crippen LogP contribution in [0.25, 0.3) is 0 Å². The molecule has 112 valence electrons. The third kappa shape index (κ3) is 3.44. The van der Waals surface area contributed by atoms with Crippen LogP contribution >= 0.6 is 0 Å². The highest BCUT2D eigenvalue weighted by Crippen LogP contribution is 2.16. The standard InChI is InChI=1S/C12H16N6O3/c1-9-6-15-17(8-9)5-3-4-13-12(19)11-10(18(20)21)7-14-16(11)2/h6-8H,3-5H2,1-2H3,(H,13,19). The lowest BCUT2D eigenvalue weighted by molar-refractivity contribution is -0.385. The number of carbonyl (C=O) groups is 1. The maximum Gasteiger partial charge on any atom is 0.320 e. The van der Waals surface area contributed by atoms with Crippen molar-refractivity contribution >= 4 is 11.6 Å². The van der Waals surface area contributed by atoms with Crippen molar-refractivity contribution in [3.8, 4) is 0 Å². The topological polar surface area (TPSA) is 108 Å². The van der Waals surface area contributed by atoms with E-state index >= 15 is 0 Å². The van der Waals surface area contributed by atoms with Gasteiger partial charge in [0.2, 0.25) is 5.69 Å². The molecule has 0 unspecified atom stereocenters. The highest BCUT2D eigenvalue weighted by Gasteiger charge is 2.24. The molecule has 2 aromatic heterocycles. The highest BCUT2D eigenvalue weighted by molar-refractivity contribution is 5.96. The van der Waals surface area contributed by atoms with Crippen LogP contribution in [0.15, 0.2) is 18.6 Å². The van der Waals surface area contributed by atoms with E-state index in [0.717, 1.165) is 11.8 Å². The Labute approximate surface area is 120 Å². The first-order chi connectivity index (χ1) is 9.99. The van der Waals surface area contributed by atoms with Gasteiger partial charge in [-0.1, -0.05) is 0 Å². The summed E-state index contributed by atoms with van der Waals surface area (Å²) in [5.74, 6) is -0.502. The van der Waals surface area contributed by atoms with E-state index in [2.05, 4.69) is 15.5 Å². The molecule has 21 heavy (non-hydrogen) atoms. The molecule has 1 amide bonds. The minimum Gasteiger partial charge on any atom is -0.350 e. The molecule has 2 heterocycles. The van der Waals surface area contributed by atoms with Crippen molar-refractivity contribution in [3.63, 3.8) is 0 Å². The number of aryl methyl sites for hydroxylation is 3. The molecule has 0 bridgehead atoms. The van der Waals surface area contributed by atoms with Gasteiger partial charge in [-0.15, -0.1) is 0 Å². The summed E-state index contributed by atoms with van der Waals surface area (Å²) in [6.45, 7) is 3.02. The summed E-state index contributed by atoms with van der Waals surface area (Å²) in [7, 11) is 1.49. The fourth-order valence-corrected chi connectivity index (χ4v) is 1.94. The maximum absolute atomic E-state index is 12.0. The molecule has 9 nitrogen and oxygen atoms in total. The quantitative estimate of drug-likeness (QED) is 0.478. The van der Waals surface area contributed by atoms with Gasteiger partial charge in [-0.25, -0.2) is 0 Å². The van der Waals surface area contributed by atoms with Crippen LogP contribution in [0.5, 0.6) is 0 Å². The second-order valence-corrected chi connectivity index (χ2v) is 4.65. The number of nitrogens with one attached hydrogen (secondary N) is 1. The fourth-order valence-electron chi connectivity index (χ4n) is 1.94. The summed E-state index contributed by atoms with van der Waals surface area (Å²) < 4.78 is 2.98. The minimum absolute atomic E-state index is 0.0464. The molecule has 0 aromatic carbocycles. The molecule has 0 saturated heterocycles. The van der Waals surface area contributed by atoms with Crippen molar-refractivity contribution in [1.82, 2.24) is 24.9 Å². The molecule has 0 spiro atoms. The maximum atomic E-state index is 12.0. The summed E-state index contributed by atoms with van der Waals surface area (Å²) in [6.07, 6.45) is 5.42. The van der Waals surface area contributed by atoms with Crippen LogP contribution in [0, 0.1) is 17.0 Å². The van der Waals surface area contributed by atoms with Gasteiger partial charge in [-0.2, -0.15) is 10.2 Å². The number of amides is 1. The van der Waals surface area contributed by atoms with Crippen molar-refractivity contribution in [2.45, 2.75) is 19.9 Å². The highest BCUT2D eigenvalue weighted by atomic mass is 16.6. The molecule has 2 aromatic rings. The Morgan fingerprint density at radius 1 is 1.43 bits per heavy atom. The van der Waals surface area contributed by atoms with Crippen molar-refractivity contribution in [1.29, 1.82) is 0 Å². The van der Waals surface area contributed by atoms with Gasteiger partial charge in [0, 0.05) is 26.3 Å². The molecule has 0 aliphatic rings. The number of nitrogens with zero attached hydrogens (tertiary/aromatic N) is 5. The molecule has 0 aliphatic carbocycles. The number of aromatic nitrogens is 4. The SMILES string of the molecule is Cc1cnn(CCCNC(=O)c2c([N+](=O)[O-])cnn2C)c1. The molecular formula is C12H16N6O3. The molecule has 0 aliphatic heterocycles. The lowest BCUT2D eigenvalue weighted by Gasteiger charge is -2.05. The largest absolute Gasteiger partial charge is 0.350 e. The lowest BCUT2D eigenvalue weighted by Crippen LogP contribution is -2.28. The zero-order chi connectivity index (χ0) is 15.4. The molecule has 0 saturated carbocycles. The van der Waals surface area contributed by atoms with Gasteiger partial charge in [0.1, 0.15) is 6.20 Å². The van der Waals surface area contributed by atoms with E-state index in [1.165, 1.54) is 11.7 Å². The van der Waals surface area contributed by atoms with E-state index in [1.807, 2.05) is 13.1 Å². The third-order valence-electron chi connectivity index (χ3n) is 2.94. The Bertz CT molecular complexity index is 660. The van der Waals surface area contributed by atoms with Gasteiger partial charge in [-0.3, -0.25) is 24.3 Å². The molecule has 1 N–H and O–H groups in total. The van der Waals surface area contributed by atoms with Crippen LogP contribution < -0.4 is 5.32 Å². The molecule has 0 radical (unpaired) electrons. The van der Waals surface area contributed by atoms with Crippen LogP contribution in [0.2, 0.25) is 0 Å². The van der Waals surface area contributed by atoms with Crippen molar-refractivity contribution in [2.24, 2.45) is 7.05 Å². The van der Waals surface area contributed by atoms with Gasteiger partial charge >= 0.3 is 5.69 Å². The Balaban J connectivity index is 1.87. The fraction of sp³-hybridized carbons (Fsp3) is 0.417. The third-order valence-corrected chi connectivity index (χ3v) is 2.94. The van der Waals surface area contributed by atoms with Crippen LogP contribution in [0.1, 0.15) is 22.5 Å². The average molecular weight is 292 g/mol. The second-order valence-electron chi connectivity index (χ2n) is 4.65. The summed E-state index contributed by atoms with van der Waals surface area (Å²) >= 11 is 0. The Hall–Kier alpha value is -2.71. The lowest BCUT2D eigenvalue weighted by atomic mass is 10.3. The van der Waals surface area contributed by atoms with Gasteiger partial charge in [0.25, 0.3) is 5.91 Å². The van der Waals surface area contributed by atoms with Gasteiger partial charge < -0.3 is 5.32 Å². The summed E-state index contributed by atoms with van der Waals surface area (Å²) in [5.41, 5.74) is 0.733. The molecule has 2 rings (SSSR count). The van der Waals surface area contributed by atoms with Crippen LogP contribution in [0.3, 0.4) is 0 Å². The number of hydrogen-bond acceptors (Lipinski definition) is 5. The van der Waals surface area contributed by atoms with Crippen LogP contribution in [-0.4, -0.2) is 36.9 Å². The van der Waals surface area contributed by atoms with Gasteiger partial charge in [0.15, 0.2) is 0 Å². The van der Waals surface area contributed by atoms with E-state index in [1.54, 1.807) is 10.9 Å². The van der Waals surface area contributed by atoms with E-state index < -0.39 is 10.8 Å². The Morgan fingerprint density at radius 2 is 2.19 bits per heavy atom. The van der Waals surface area contributed by atoms with E-state index in [0.29, 0.717) is 19.5 Å². The molecule has 0 fully saturated rings. The summed E-state index contributed by atoms with van der Waals surface area (Å²) in [4.78, 5) is 22.2. The first-order valence-electron chi connectivity index (χ1n) is 6.42. The van der Waals surface area contributed by atoms with Gasteiger partial charge in [0.05, 0.1) is 11.1 Å². The number of rotatable bonds is 6. The normalized spacial score (nSPS) is 10.6. The first-order valence-corrected chi connectivity index (χ1v) is 6.42. The minimum atomic E-state index is -0.617. The zero-order valence-corrected chi connectivity index (χ0v) is 11.8. The van der Waals surface area contributed by atoms with Crippen LogP contribution in [-0.2, 0) is 13.6 Å². The Morgan fingerprint density at radius 3 is 2.81 bits per heavy atom. The molecule has 0 atom stereocenters. The number of nitro groups is 1. The number of hydrogen-bond donors (Lipinski definition) is 1. The average Bonchev–Trinajstić information content (AvgIpc) is 3.00. The molecular weight excluding hydrogens is 276 g/mol. The van der Waals surface area contributed by atoms with Crippen molar-refractivity contribution in [3.05, 3.63) is 40.0 Å². The zero-order valence-electron chi connectivity index (χ0n) is 11.8.